The van der Waals surface area contributed by atoms with Crippen molar-refractivity contribution in [3.05, 3.63) is 169 Å². The molecule has 2 nitrogen and oxygen atoms in total. The first-order valence-electron chi connectivity index (χ1n) is 18.2. The lowest BCUT2D eigenvalue weighted by Crippen LogP contribution is -2.05. The molecule has 0 unspecified atom stereocenters. The molecule has 0 fully saturated rings. The lowest BCUT2D eigenvalue weighted by Gasteiger charge is -2.10. The fourth-order valence-corrected chi connectivity index (χ4v) is 9.84. The molecule has 0 aliphatic rings. The van der Waals surface area contributed by atoms with E-state index in [0.717, 1.165) is 60.2 Å². The zero-order valence-electron chi connectivity index (χ0n) is 29.6. The van der Waals surface area contributed by atoms with Gasteiger partial charge in [0.1, 0.15) is 22.5 Å². The van der Waals surface area contributed by atoms with Crippen molar-refractivity contribution in [3.63, 3.8) is 0 Å². The molecule has 11 rings (SSSR count). The van der Waals surface area contributed by atoms with Gasteiger partial charge in [-0.1, -0.05) is 116 Å². The number of rotatable bonds is 4. The minimum atomic E-state index is 0.761. The van der Waals surface area contributed by atoms with Gasteiger partial charge in [0, 0.05) is 36.3 Å². The van der Waals surface area contributed by atoms with Crippen LogP contribution in [0.15, 0.2) is 162 Å². The van der Waals surface area contributed by atoms with E-state index in [-0.39, 0.29) is 0 Å². The van der Waals surface area contributed by atoms with Gasteiger partial charge in [-0.3, -0.25) is 0 Å². The smallest absolute Gasteiger partial charge is 0.135 e. The van der Waals surface area contributed by atoms with Crippen LogP contribution in [0.3, 0.4) is 0 Å². The summed E-state index contributed by atoms with van der Waals surface area (Å²) in [5, 5.41) is 14.1. The summed E-state index contributed by atoms with van der Waals surface area (Å²) in [6.07, 6.45) is 5.70. The summed E-state index contributed by atoms with van der Waals surface area (Å²) in [6, 6.07) is 48.5. The van der Waals surface area contributed by atoms with Gasteiger partial charge in [-0.15, -0.1) is 11.3 Å². The van der Waals surface area contributed by atoms with Gasteiger partial charge in [0.25, 0.3) is 0 Å². The van der Waals surface area contributed by atoms with Gasteiger partial charge in [-0.25, -0.2) is 0 Å². The molecule has 0 bridgehead atoms. The second-order valence-corrected chi connectivity index (χ2v) is 15.2. The molecule has 0 atom stereocenters. The molecule has 3 heteroatoms. The van der Waals surface area contributed by atoms with Crippen LogP contribution in [0.5, 0.6) is 0 Å². The summed E-state index contributed by atoms with van der Waals surface area (Å²) in [4.78, 5) is 0. The third-order valence-electron chi connectivity index (χ3n) is 11.2. The van der Waals surface area contributed by atoms with E-state index >= 15 is 0 Å². The third kappa shape index (κ3) is 4.39. The fraction of sp³-hybridized carbons (Fsp3) is 0.0196. The number of hydrogen-bond acceptors (Lipinski definition) is 3. The fourth-order valence-electron chi connectivity index (χ4n) is 8.78. The molecule has 0 aliphatic carbocycles. The number of hydrogen-bond donors (Lipinski definition) is 0. The molecule has 3 heterocycles. The van der Waals surface area contributed by atoms with Crippen molar-refractivity contribution in [2.75, 3.05) is 0 Å². The number of allylic oxidation sites excluding steroid dienone is 1. The van der Waals surface area contributed by atoms with E-state index in [0.29, 0.717) is 0 Å². The Morgan fingerprint density at radius 2 is 1.04 bits per heavy atom. The van der Waals surface area contributed by atoms with Gasteiger partial charge in [-0.05, 0) is 121 Å². The average molecular weight is 709 g/mol. The Bertz CT molecular complexity index is 3490. The van der Waals surface area contributed by atoms with E-state index in [2.05, 4.69) is 160 Å². The van der Waals surface area contributed by atoms with Crippen molar-refractivity contribution in [3.8, 4) is 22.3 Å². The largest absolute Gasteiger partial charge is 0.456 e. The van der Waals surface area contributed by atoms with Gasteiger partial charge in [0.05, 0.1) is 0 Å². The van der Waals surface area contributed by atoms with Gasteiger partial charge in [0.2, 0.25) is 0 Å². The summed E-state index contributed by atoms with van der Waals surface area (Å²) in [5.74, 6) is 0.761. The Labute approximate surface area is 314 Å². The van der Waals surface area contributed by atoms with Crippen LogP contribution in [0.1, 0.15) is 11.3 Å². The molecular formula is C51H32O2S. The van der Waals surface area contributed by atoms with Crippen LogP contribution in [0, 0.1) is 6.92 Å². The molecular weight excluding hydrogens is 677 g/mol. The predicted octanol–water partition coefficient (Wildman–Crippen LogP) is 14.7. The Morgan fingerprint density at radius 1 is 0.500 bits per heavy atom. The molecule has 3 aromatic heterocycles. The monoisotopic (exact) mass is 708 g/mol. The molecule has 0 amide bonds. The lowest BCUT2D eigenvalue weighted by atomic mass is 9.93. The zero-order chi connectivity index (χ0) is 36.1. The average Bonchev–Trinajstić information content (AvgIpc) is 3.45. The molecule has 8 aromatic carbocycles. The predicted molar refractivity (Wildman–Crippen MR) is 233 cm³/mol. The first kappa shape index (κ1) is 30.9. The van der Waals surface area contributed by atoms with Crippen molar-refractivity contribution >= 4 is 109 Å². The van der Waals surface area contributed by atoms with Crippen LogP contribution in [-0.4, -0.2) is 0 Å². The molecule has 0 saturated carbocycles. The quantitative estimate of drug-likeness (QED) is 0.182. The van der Waals surface area contributed by atoms with E-state index < -0.39 is 0 Å². The summed E-state index contributed by atoms with van der Waals surface area (Å²) in [7, 11) is 0. The standard InChI is InChI=1S/C51H32O2S/c1-4-10-33-29(3)43(5-2)52-45-23-21-34(37-15-8-14-36(33)50(37)45)31-19-25-47-41(27-31)42-28-32(20-26-48(42)54-47)35-22-24-46-51-38(35)16-9-17-40(51)39-13-6-11-30-12-7-18-44(53-46)49(30)39/h4-28H,1-2H2,3H3. The number of thiophene rings is 1. The zero-order valence-corrected chi connectivity index (χ0v) is 30.4. The van der Waals surface area contributed by atoms with Gasteiger partial charge >= 0.3 is 0 Å². The molecule has 254 valence electrons. The van der Waals surface area contributed by atoms with E-state index in [9.17, 15) is 0 Å². The molecule has 54 heavy (non-hydrogen) atoms. The lowest BCUT2D eigenvalue weighted by molar-refractivity contribution is 0.591. The summed E-state index contributed by atoms with van der Waals surface area (Å²) < 4.78 is 15.7. The summed E-state index contributed by atoms with van der Waals surface area (Å²) in [5.41, 5.74) is 8.39. The van der Waals surface area contributed by atoms with Crippen molar-refractivity contribution in [2.24, 2.45) is 0 Å². The van der Waals surface area contributed by atoms with Crippen molar-refractivity contribution in [2.45, 2.75) is 6.92 Å². The van der Waals surface area contributed by atoms with E-state index in [1.165, 1.54) is 64.0 Å². The van der Waals surface area contributed by atoms with Crippen LogP contribution in [-0.2, 0) is 0 Å². The highest BCUT2D eigenvalue weighted by Crippen LogP contribution is 2.43. The van der Waals surface area contributed by atoms with E-state index in [4.69, 9.17) is 8.83 Å². The Kier molecular flexibility index (Phi) is 6.67. The Hall–Kier alpha value is -6.68. The van der Waals surface area contributed by atoms with E-state index in [1.54, 1.807) is 6.08 Å². The highest BCUT2D eigenvalue weighted by Gasteiger charge is 2.17. The highest BCUT2D eigenvalue weighted by atomic mass is 32.1. The third-order valence-corrected chi connectivity index (χ3v) is 12.4. The van der Waals surface area contributed by atoms with Gasteiger partial charge in [-0.2, -0.15) is 0 Å². The highest BCUT2D eigenvalue weighted by molar-refractivity contribution is 7.25. The summed E-state index contributed by atoms with van der Waals surface area (Å²) >= 11 is 1.84. The second-order valence-electron chi connectivity index (χ2n) is 14.1. The second kappa shape index (κ2) is 11.7. The maximum atomic E-state index is 6.69. The maximum absolute atomic E-state index is 6.69. The van der Waals surface area contributed by atoms with Crippen LogP contribution in [0.4, 0.5) is 0 Å². The molecule has 0 spiro atoms. The maximum Gasteiger partial charge on any atom is 0.135 e. The normalized spacial score (nSPS) is 12.4. The molecule has 11 aromatic rings. The van der Waals surface area contributed by atoms with Gasteiger partial charge in [0.15, 0.2) is 0 Å². The van der Waals surface area contributed by atoms with Crippen molar-refractivity contribution in [1.29, 1.82) is 0 Å². The topological polar surface area (TPSA) is 26.3 Å². The number of benzene rings is 8. The SMILES string of the molecule is C=CC=c1c(C)c(C=C)oc2ccc(-c3ccc4sc5ccc(-c6ccc7oc8cccc9cccc(c%10cccc6c7%10)c98)cc5c4c3)c3cccc1c23. The van der Waals surface area contributed by atoms with Crippen LogP contribution < -0.4 is 5.22 Å². The number of fused-ring (bicyclic) bond motifs is 4. The Morgan fingerprint density at radius 3 is 1.69 bits per heavy atom. The van der Waals surface area contributed by atoms with Crippen LogP contribution >= 0.6 is 11.3 Å². The van der Waals surface area contributed by atoms with Crippen LogP contribution in [0.25, 0.3) is 120 Å². The summed E-state index contributed by atoms with van der Waals surface area (Å²) in [6.45, 7) is 10.1. The molecule has 0 radical (unpaired) electrons. The van der Waals surface area contributed by atoms with Crippen LogP contribution in [0.2, 0.25) is 0 Å². The van der Waals surface area contributed by atoms with Crippen molar-refractivity contribution in [1.82, 2.24) is 0 Å². The first-order valence-corrected chi connectivity index (χ1v) is 19.0. The van der Waals surface area contributed by atoms with E-state index in [1.807, 2.05) is 17.4 Å². The van der Waals surface area contributed by atoms with Gasteiger partial charge < -0.3 is 8.83 Å². The molecule has 0 aliphatic heterocycles. The van der Waals surface area contributed by atoms with Crippen molar-refractivity contribution < 1.29 is 8.83 Å². The minimum absolute atomic E-state index is 0.761. The minimum Gasteiger partial charge on any atom is -0.456 e. The molecule has 0 saturated heterocycles. The Balaban J connectivity index is 1.13. The first-order chi connectivity index (χ1) is 26.6. The molecule has 0 N–H and O–H groups in total.